The van der Waals surface area contributed by atoms with E-state index in [9.17, 15) is 20.2 Å². The van der Waals surface area contributed by atoms with E-state index >= 15 is 0 Å². The largest absolute Gasteiger partial charge is 0.503 e. The molecular weight excluding hydrogens is 685 g/mol. The molecule has 0 amide bonds. The van der Waals surface area contributed by atoms with Crippen molar-refractivity contribution in [3.05, 3.63) is 55.6 Å². The van der Waals surface area contributed by atoms with Gasteiger partial charge >= 0.3 is 17.6 Å². The molecule has 2 aromatic carbocycles. The van der Waals surface area contributed by atoms with Crippen LogP contribution in [0.2, 0.25) is 11.1 Å². The van der Waals surface area contributed by atoms with Crippen LogP contribution in [0.3, 0.4) is 0 Å². The van der Waals surface area contributed by atoms with Crippen molar-refractivity contribution in [3.8, 4) is 23.0 Å². The third-order valence-electron chi connectivity index (χ3n) is 8.42. The fourth-order valence-corrected chi connectivity index (χ4v) is 10.8. The van der Waals surface area contributed by atoms with Crippen molar-refractivity contribution >= 4 is 29.0 Å². The van der Waals surface area contributed by atoms with Gasteiger partial charge in [-0.05, 0) is 37.8 Å². The Bertz CT molecular complexity index is 1260. The van der Waals surface area contributed by atoms with E-state index in [4.69, 9.17) is 50.2 Å². The minimum atomic E-state index is -3.36. The summed E-state index contributed by atoms with van der Waals surface area (Å²) < 4.78 is 62.1. The van der Waals surface area contributed by atoms with Gasteiger partial charge in [-0.3, -0.25) is 20.2 Å². The third kappa shape index (κ3) is 9.86. The summed E-state index contributed by atoms with van der Waals surface area (Å²) in [5.41, 5.74) is -0.463. The Morgan fingerprint density at radius 1 is 0.531 bits per heavy atom. The van der Waals surface area contributed by atoms with Crippen LogP contribution in [0.4, 0.5) is 11.4 Å². The van der Waals surface area contributed by atoms with Crippen molar-refractivity contribution < 1.29 is 60.1 Å². The van der Waals surface area contributed by atoms with Crippen molar-refractivity contribution in [2.24, 2.45) is 0 Å². The number of rotatable bonds is 24. The Morgan fingerprint density at radius 3 is 1.06 bits per heavy atom. The molecule has 276 valence electrons. The van der Waals surface area contributed by atoms with Gasteiger partial charge in [0.2, 0.25) is 0 Å². The van der Waals surface area contributed by atoms with Gasteiger partial charge in [0.25, 0.3) is 11.4 Å². The lowest BCUT2D eigenvalue weighted by Crippen LogP contribution is -2.49. The molecule has 0 aliphatic heterocycles. The highest BCUT2D eigenvalue weighted by Gasteiger charge is 2.49. The molecule has 2 aromatic rings. The Morgan fingerprint density at radius 2 is 0.816 bits per heavy atom. The van der Waals surface area contributed by atoms with E-state index in [2.05, 4.69) is 0 Å². The van der Waals surface area contributed by atoms with E-state index in [1.165, 1.54) is 83.2 Å². The summed E-state index contributed by atoms with van der Waals surface area (Å²) in [6.07, 6.45) is 1.00. The Labute approximate surface area is 288 Å². The van der Waals surface area contributed by atoms with Crippen LogP contribution in [-0.4, -0.2) is 112 Å². The van der Waals surface area contributed by atoms with Crippen LogP contribution in [0.25, 0.3) is 0 Å². The standard InChI is InChI=1S/C30H48N2O15Si2/c1-37-27-17-21(25(31(33)34)19-29(27)39-3)15-23(48(41-5,42-6)43-7)11-13-47-14-12-24(49(44-8,45-9)46-10)16-22-18-28(38-2)30(40-4)20-26(22)32(35)36/h17-20,23-24H,11-16H2,1-10H3. The normalized spacial score (nSPS) is 13.1. The maximum absolute atomic E-state index is 12.0. The number of benzene rings is 2. The van der Waals surface area contributed by atoms with Gasteiger partial charge in [0.15, 0.2) is 23.0 Å². The molecule has 0 fully saturated rings. The molecule has 0 aliphatic rings. The van der Waals surface area contributed by atoms with Crippen LogP contribution in [0, 0.1) is 20.2 Å². The molecule has 2 rings (SSSR count). The first-order chi connectivity index (χ1) is 23.4. The quantitative estimate of drug-likeness (QED) is 0.0629. The minimum absolute atomic E-state index is 0.151. The summed E-state index contributed by atoms with van der Waals surface area (Å²) in [7, 11) is 7.79. The van der Waals surface area contributed by atoms with Crippen molar-refractivity contribution in [2.75, 3.05) is 84.3 Å². The van der Waals surface area contributed by atoms with E-state index < -0.39 is 38.5 Å². The first kappa shape index (κ1) is 41.8. The molecule has 2 unspecified atom stereocenters. The molecule has 0 aliphatic carbocycles. The first-order valence-corrected chi connectivity index (χ1v) is 18.7. The van der Waals surface area contributed by atoms with Gasteiger partial charge in [0, 0.05) is 78.1 Å². The predicted molar refractivity (Wildman–Crippen MR) is 181 cm³/mol. The van der Waals surface area contributed by atoms with Crippen molar-refractivity contribution in [2.45, 2.75) is 36.8 Å². The molecule has 49 heavy (non-hydrogen) atoms. The van der Waals surface area contributed by atoms with Gasteiger partial charge < -0.3 is 50.2 Å². The van der Waals surface area contributed by atoms with Crippen LogP contribution >= 0.6 is 0 Å². The summed E-state index contributed by atoms with van der Waals surface area (Å²) >= 11 is 0. The predicted octanol–water partition coefficient (Wildman–Crippen LogP) is 4.62. The third-order valence-corrected chi connectivity index (χ3v) is 14.8. The Hall–Kier alpha value is -3.41. The second-order valence-electron chi connectivity index (χ2n) is 10.6. The lowest BCUT2D eigenvalue weighted by atomic mass is 10.0. The molecule has 0 saturated carbocycles. The maximum atomic E-state index is 12.0. The highest BCUT2D eigenvalue weighted by atomic mass is 28.4. The summed E-state index contributed by atoms with van der Waals surface area (Å²) in [6, 6.07) is 5.76. The molecule has 0 aromatic heterocycles. The van der Waals surface area contributed by atoms with E-state index in [0.29, 0.717) is 35.5 Å². The summed E-state index contributed by atoms with van der Waals surface area (Å²) in [5.74, 6) is 1.12. The second-order valence-corrected chi connectivity index (χ2v) is 17.1. The lowest BCUT2D eigenvalue weighted by molar-refractivity contribution is -0.385. The van der Waals surface area contributed by atoms with Crippen molar-refractivity contribution in [3.63, 3.8) is 0 Å². The summed E-state index contributed by atoms with van der Waals surface area (Å²) in [6.45, 7) is 0.391. The number of hydrogen-bond acceptors (Lipinski definition) is 15. The van der Waals surface area contributed by atoms with Gasteiger partial charge in [-0.25, -0.2) is 0 Å². The average molecular weight is 733 g/mol. The number of ether oxygens (including phenoxy) is 5. The maximum Gasteiger partial charge on any atom is 0.503 e. The zero-order chi connectivity index (χ0) is 36.8. The van der Waals surface area contributed by atoms with E-state index in [1.807, 2.05) is 0 Å². The number of nitrogens with zero attached hydrogens (tertiary/aromatic N) is 2. The number of nitro benzene ring substituents is 2. The molecule has 0 radical (unpaired) electrons. The monoisotopic (exact) mass is 732 g/mol. The van der Waals surface area contributed by atoms with Gasteiger partial charge in [0.05, 0.1) is 50.4 Å². The Kier molecular flexibility index (Phi) is 16.8. The fourth-order valence-electron chi connectivity index (χ4n) is 5.88. The van der Waals surface area contributed by atoms with E-state index in [-0.39, 0.29) is 48.9 Å². The molecule has 0 spiro atoms. The molecule has 0 heterocycles. The van der Waals surface area contributed by atoms with Crippen LogP contribution < -0.4 is 18.9 Å². The van der Waals surface area contributed by atoms with E-state index in [0.717, 1.165) is 0 Å². The average Bonchev–Trinajstić information content (AvgIpc) is 3.12. The summed E-state index contributed by atoms with van der Waals surface area (Å²) in [5, 5.41) is 24.1. The molecular formula is C30H48N2O15Si2. The molecule has 17 nitrogen and oxygen atoms in total. The van der Waals surface area contributed by atoms with Crippen LogP contribution in [-0.2, 0) is 44.1 Å². The highest BCUT2D eigenvalue weighted by molar-refractivity contribution is 6.62. The molecule has 0 N–H and O–H groups in total. The van der Waals surface area contributed by atoms with Crippen LogP contribution in [0.1, 0.15) is 24.0 Å². The second kappa shape index (κ2) is 19.7. The fraction of sp³-hybridized carbons (Fsp3) is 0.600. The first-order valence-electron chi connectivity index (χ1n) is 15.1. The minimum Gasteiger partial charge on any atom is -0.493 e. The zero-order valence-corrected chi connectivity index (χ0v) is 31.7. The van der Waals surface area contributed by atoms with Gasteiger partial charge in [-0.15, -0.1) is 0 Å². The summed E-state index contributed by atoms with van der Waals surface area (Å²) in [4.78, 5) is 23.1. The molecule has 0 bridgehead atoms. The van der Waals surface area contributed by atoms with Crippen molar-refractivity contribution in [1.29, 1.82) is 0 Å². The van der Waals surface area contributed by atoms with Crippen LogP contribution in [0.5, 0.6) is 23.0 Å². The van der Waals surface area contributed by atoms with Gasteiger partial charge in [0.1, 0.15) is 0 Å². The van der Waals surface area contributed by atoms with Crippen molar-refractivity contribution in [1.82, 2.24) is 0 Å². The smallest absolute Gasteiger partial charge is 0.493 e. The highest BCUT2D eigenvalue weighted by Crippen LogP contribution is 2.41. The van der Waals surface area contributed by atoms with Gasteiger partial charge in [-0.2, -0.15) is 0 Å². The molecule has 19 heteroatoms. The van der Waals surface area contributed by atoms with Crippen LogP contribution in [0.15, 0.2) is 24.3 Å². The topological polar surface area (TPSA) is 188 Å². The molecule has 0 saturated heterocycles. The van der Waals surface area contributed by atoms with E-state index in [1.54, 1.807) is 12.1 Å². The zero-order valence-electron chi connectivity index (χ0n) is 29.7. The lowest BCUT2D eigenvalue weighted by Gasteiger charge is -2.33. The number of hydrogen-bond donors (Lipinski definition) is 0. The number of nitro groups is 2. The SMILES string of the molecule is COc1cc(CC(CCOCCC(Cc2cc(OC)c(OC)cc2[N+](=O)[O-])[Si](OC)(OC)OC)[Si](OC)(OC)OC)c([N+](=O)[O-])cc1OC. The Balaban J connectivity index is 2.36. The van der Waals surface area contributed by atoms with Gasteiger partial charge in [-0.1, -0.05) is 0 Å². The molecule has 2 atom stereocenters. The number of methoxy groups -OCH3 is 4.